The van der Waals surface area contributed by atoms with Crippen molar-refractivity contribution in [2.75, 3.05) is 6.54 Å². The Labute approximate surface area is 156 Å². The molecule has 0 fully saturated rings. The highest BCUT2D eigenvalue weighted by molar-refractivity contribution is 7.89. The monoisotopic (exact) mass is 398 g/mol. The minimum Gasteiger partial charge on any atom is -0.352 e. The molecule has 0 atom stereocenters. The topological polar surface area (TPSA) is 89.3 Å². The average molecular weight is 399 g/mol. The summed E-state index contributed by atoms with van der Waals surface area (Å²) in [6, 6.07) is 11.3. The largest absolute Gasteiger partial charge is 0.352 e. The van der Waals surface area contributed by atoms with Gasteiger partial charge in [-0.2, -0.15) is 0 Å². The van der Waals surface area contributed by atoms with E-state index in [9.17, 15) is 13.2 Å². The Balaban J connectivity index is 1.87. The fourth-order valence-corrected chi connectivity index (χ4v) is 3.10. The Morgan fingerprint density at radius 2 is 1.68 bits per heavy atom. The molecule has 1 amide bonds. The van der Waals surface area contributed by atoms with Crippen LogP contribution in [0.2, 0.25) is 10.0 Å². The highest BCUT2D eigenvalue weighted by atomic mass is 35.5. The van der Waals surface area contributed by atoms with Gasteiger partial charge in [-0.25, -0.2) is 13.6 Å². The van der Waals surface area contributed by atoms with Gasteiger partial charge in [-0.15, -0.1) is 0 Å². The number of halogens is 2. The summed E-state index contributed by atoms with van der Waals surface area (Å²) >= 11 is 12.0. The third kappa shape index (κ3) is 5.86. The molecule has 3 N–H and O–H groups in total. The molecule has 25 heavy (non-hydrogen) atoms. The van der Waals surface area contributed by atoms with Gasteiger partial charge >= 0.3 is 0 Å². The number of nitrogens with two attached hydrogens (primary N) is 1. The fourth-order valence-electron chi connectivity index (χ4n) is 2.06. The van der Waals surface area contributed by atoms with Crippen molar-refractivity contribution in [1.82, 2.24) is 5.32 Å². The summed E-state index contributed by atoms with van der Waals surface area (Å²) in [5, 5.41) is 8.70. The van der Waals surface area contributed by atoms with Gasteiger partial charge in [-0.05, 0) is 42.3 Å². The van der Waals surface area contributed by atoms with E-state index < -0.39 is 10.0 Å². The van der Waals surface area contributed by atoms with Crippen molar-refractivity contribution in [3.63, 3.8) is 0 Å². The molecule has 132 valence electrons. The maximum absolute atomic E-state index is 11.8. The number of carbonyl (C=O) groups excluding carboxylic acids is 1. The van der Waals surface area contributed by atoms with Crippen LogP contribution in [-0.2, 0) is 21.2 Å². The molecule has 0 spiro atoms. The zero-order valence-corrected chi connectivity index (χ0v) is 15.4. The van der Waals surface area contributed by atoms with Gasteiger partial charge in [0.25, 0.3) is 0 Å². The fraction of sp³-hybridized carbons (Fsp3) is 0.118. The van der Waals surface area contributed by atoms with Crippen LogP contribution in [0.15, 0.2) is 53.4 Å². The van der Waals surface area contributed by atoms with Crippen molar-refractivity contribution in [3.8, 4) is 0 Å². The third-order valence-corrected chi connectivity index (χ3v) is 4.95. The number of amides is 1. The molecule has 2 aromatic rings. The minimum absolute atomic E-state index is 0.0554. The van der Waals surface area contributed by atoms with E-state index in [1.165, 1.54) is 18.2 Å². The summed E-state index contributed by atoms with van der Waals surface area (Å²) in [4.78, 5) is 11.9. The van der Waals surface area contributed by atoms with E-state index in [2.05, 4.69) is 5.32 Å². The van der Waals surface area contributed by atoms with Gasteiger partial charge in [-0.1, -0.05) is 41.4 Å². The van der Waals surface area contributed by atoms with Crippen LogP contribution in [-0.4, -0.2) is 20.9 Å². The summed E-state index contributed by atoms with van der Waals surface area (Å²) in [7, 11) is -3.69. The Kier molecular flexibility index (Phi) is 6.61. The second kappa shape index (κ2) is 8.49. The summed E-state index contributed by atoms with van der Waals surface area (Å²) < 4.78 is 22.4. The van der Waals surface area contributed by atoms with E-state index in [-0.39, 0.29) is 10.8 Å². The Morgan fingerprint density at radius 1 is 1.08 bits per heavy atom. The van der Waals surface area contributed by atoms with Gasteiger partial charge in [-0.3, -0.25) is 4.79 Å². The van der Waals surface area contributed by atoms with E-state index in [1.54, 1.807) is 36.4 Å². The number of hydrogen-bond acceptors (Lipinski definition) is 3. The maximum atomic E-state index is 11.8. The smallest absolute Gasteiger partial charge is 0.244 e. The van der Waals surface area contributed by atoms with Gasteiger partial charge in [0, 0.05) is 28.2 Å². The van der Waals surface area contributed by atoms with E-state index >= 15 is 0 Å². The molecule has 8 heteroatoms. The van der Waals surface area contributed by atoms with E-state index in [0.717, 1.165) is 5.56 Å². The second-order valence-electron chi connectivity index (χ2n) is 5.20. The third-order valence-electron chi connectivity index (χ3n) is 3.37. The second-order valence-corrected chi connectivity index (χ2v) is 7.57. The van der Waals surface area contributed by atoms with E-state index in [4.69, 9.17) is 28.3 Å². The molecule has 0 saturated heterocycles. The number of nitrogens with one attached hydrogen (secondary N) is 1. The van der Waals surface area contributed by atoms with Crippen LogP contribution in [0.25, 0.3) is 6.08 Å². The van der Waals surface area contributed by atoms with E-state index in [0.29, 0.717) is 28.6 Å². The summed E-state index contributed by atoms with van der Waals surface area (Å²) in [5.74, 6) is -0.280. The SMILES string of the molecule is NS(=O)(=O)c1ccc(CCNC(=O)C=Cc2c(Cl)cccc2Cl)cc1. The van der Waals surface area contributed by atoms with Crippen molar-refractivity contribution in [3.05, 3.63) is 69.7 Å². The van der Waals surface area contributed by atoms with Crippen molar-refractivity contribution in [1.29, 1.82) is 0 Å². The first-order chi connectivity index (χ1) is 11.8. The van der Waals surface area contributed by atoms with Crippen LogP contribution >= 0.6 is 23.2 Å². The number of rotatable bonds is 6. The molecule has 2 aromatic carbocycles. The van der Waals surface area contributed by atoms with Crippen LogP contribution in [0.3, 0.4) is 0 Å². The first-order valence-corrected chi connectivity index (χ1v) is 9.59. The molecule has 0 aliphatic heterocycles. The first-order valence-electron chi connectivity index (χ1n) is 7.29. The average Bonchev–Trinajstić information content (AvgIpc) is 2.54. The number of hydrogen-bond donors (Lipinski definition) is 2. The van der Waals surface area contributed by atoms with Gasteiger partial charge in [0.2, 0.25) is 15.9 Å². The standard InChI is InChI=1S/C17H16Cl2N2O3S/c18-15-2-1-3-16(19)14(15)8-9-17(22)21-11-10-12-4-6-13(7-5-12)25(20,23)24/h1-9H,10-11H2,(H,21,22)(H2,20,23,24). The molecule has 0 heterocycles. The Hall–Kier alpha value is -1.86. The maximum Gasteiger partial charge on any atom is 0.244 e. The summed E-state index contributed by atoms with van der Waals surface area (Å²) in [6.45, 7) is 0.397. The minimum atomic E-state index is -3.69. The van der Waals surface area contributed by atoms with Crippen LogP contribution in [0.1, 0.15) is 11.1 Å². The van der Waals surface area contributed by atoms with Crippen LogP contribution in [0.4, 0.5) is 0 Å². The number of sulfonamides is 1. The van der Waals surface area contributed by atoms with Crippen LogP contribution in [0.5, 0.6) is 0 Å². The molecule has 0 unspecified atom stereocenters. The number of benzene rings is 2. The Bertz CT molecular complexity index is 874. The van der Waals surface area contributed by atoms with Crippen molar-refractivity contribution < 1.29 is 13.2 Å². The lowest BCUT2D eigenvalue weighted by Gasteiger charge is -2.04. The lowest BCUT2D eigenvalue weighted by atomic mass is 10.1. The van der Waals surface area contributed by atoms with Gasteiger partial charge in [0.15, 0.2) is 0 Å². The molecule has 0 bridgehead atoms. The molecule has 0 radical (unpaired) electrons. The molecule has 2 rings (SSSR count). The summed E-state index contributed by atoms with van der Waals surface area (Å²) in [5.41, 5.74) is 1.46. The van der Waals surface area contributed by atoms with Gasteiger partial charge in [0.05, 0.1) is 4.90 Å². The Morgan fingerprint density at radius 3 is 2.24 bits per heavy atom. The first kappa shape index (κ1) is 19.5. The van der Waals surface area contributed by atoms with Crippen LogP contribution < -0.4 is 10.5 Å². The van der Waals surface area contributed by atoms with Gasteiger partial charge in [0.1, 0.15) is 0 Å². The number of primary sulfonamides is 1. The quantitative estimate of drug-likeness (QED) is 0.732. The molecule has 0 aliphatic rings. The predicted octanol–water partition coefficient (Wildman–Crippen LogP) is 3.01. The zero-order valence-electron chi connectivity index (χ0n) is 13.1. The molecule has 0 aliphatic carbocycles. The molecule has 0 aromatic heterocycles. The summed E-state index contributed by atoms with van der Waals surface area (Å²) in [6.07, 6.45) is 3.47. The molecular formula is C17H16Cl2N2O3S. The normalized spacial score (nSPS) is 11.6. The van der Waals surface area contributed by atoms with Crippen molar-refractivity contribution in [2.24, 2.45) is 5.14 Å². The van der Waals surface area contributed by atoms with Gasteiger partial charge < -0.3 is 5.32 Å². The number of carbonyl (C=O) groups is 1. The molecule has 5 nitrogen and oxygen atoms in total. The van der Waals surface area contributed by atoms with E-state index in [1.807, 2.05) is 0 Å². The zero-order chi connectivity index (χ0) is 18.4. The lowest BCUT2D eigenvalue weighted by Crippen LogP contribution is -2.23. The predicted molar refractivity (Wildman–Crippen MR) is 100 cm³/mol. The highest BCUT2D eigenvalue weighted by Crippen LogP contribution is 2.25. The van der Waals surface area contributed by atoms with Crippen molar-refractivity contribution in [2.45, 2.75) is 11.3 Å². The lowest BCUT2D eigenvalue weighted by molar-refractivity contribution is -0.116. The van der Waals surface area contributed by atoms with Crippen LogP contribution in [0, 0.1) is 0 Å². The highest BCUT2D eigenvalue weighted by Gasteiger charge is 2.07. The molecular weight excluding hydrogens is 383 g/mol. The van der Waals surface area contributed by atoms with Crippen molar-refractivity contribution >= 4 is 45.2 Å². The molecule has 0 saturated carbocycles.